The van der Waals surface area contributed by atoms with Crippen LogP contribution >= 0.6 is 0 Å². The van der Waals surface area contributed by atoms with E-state index in [1.807, 2.05) is 0 Å². The third-order valence-electron chi connectivity index (χ3n) is 3.40. The maximum absolute atomic E-state index is 11.9. The molecular weight excluding hydrogens is 376 g/mol. The molecule has 3 aromatic rings. The lowest BCUT2D eigenvalue weighted by molar-refractivity contribution is -0.502. The fourth-order valence-electron chi connectivity index (χ4n) is 2.40. The molecule has 0 aliphatic heterocycles. The predicted molar refractivity (Wildman–Crippen MR) is 79.3 cm³/mol. The Morgan fingerprint density at radius 3 is 1.23 bits per heavy atom. The van der Waals surface area contributed by atoms with Crippen molar-refractivity contribution in [2.24, 2.45) is 0 Å². The highest BCUT2D eigenvalue weighted by Gasteiger charge is 2.19. The van der Waals surface area contributed by atoms with Crippen molar-refractivity contribution in [3.05, 3.63) is 48.8 Å². The summed E-state index contributed by atoms with van der Waals surface area (Å²) in [6.07, 6.45) is 2.57. The van der Waals surface area contributed by atoms with Gasteiger partial charge in [0.05, 0.1) is 11.4 Å². The fraction of sp³-hybridized carbons (Fsp3) is 0. The molecule has 0 fully saturated rings. The Balaban J connectivity index is 2.41. The Kier molecular flexibility index (Phi) is 4.74. The number of hydrogen-bond donors (Lipinski definition) is 0. The number of rotatable bonds is 4. The van der Waals surface area contributed by atoms with Crippen LogP contribution in [0.25, 0.3) is 22.8 Å². The highest BCUT2D eigenvalue weighted by molar-refractivity contribution is 6.80. The highest BCUT2D eigenvalue weighted by Crippen LogP contribution is 2.15. The largest absolute Gasteiger partial charge is 0.878 e. The Morgan fingerprint density at radius 2 is 0.962 bits per heavy atom. The average Bonchev–Trinajstić information content (AvgIpc) is 2.60. The van der Waals surface area contributed by atoms with E-state index in [-0.39, 0.29) is 11.4 Å². The van der Waals surface area contributed by atoms with E-state index in [1.54, 1.807) is 0 Å². The van der Waals surface area contributed by atoms with Crippen LogP contribution < -0.4 is 39.1 Å². The molecule has 3 rings (SSSR count). The Bertz CT molecular complexity index is 840. The van der Waals surface area contributed by atoms with Crippen molar-refractivity contribution >= 4 is 28.0 Å². The standard InChI is InChI=1S/C14H8N4O6Si2/c19-25(20,21)13-11(9-5-1-3-7-15-9)17-18-12(14(13)26(22,23)24)10-6-2-4-8-16-10/h1-8H/q-6. The molecule has 0 unspecified atom stereocenters. The zero-order valence-corrected chi connectivity index (χ0v) is 14.9. The minimum Gasteiger partial charge on any atom is -0.878 e. The summed E-state index contributed by atoms with van der Waals surface area (Å²) in [6, 6.07) is 8.59. The summed E-state index contributed by atoms with van der Waals surface area (Å²) in [5, 5.41) is 4.86. The fourth-order valence-corrected chi connectivity index (χ4v) is 5.10. The lowest BCUT2D eigenvalue weighted by atomic mass is 10.2. The summed E-state index contributed by atoms with van der Waals surface area (Å²) in [6.45, 7) is 0. The van der Waals surface area contributed by atoms with Gasteiger partial charge >= 0.3 is 0 Å². The number of nitrogens with zero attached hydrogens (tertiary/aromatic N) is 4. The second kappa shape index (κ2) is 6.71. The molecule has 0 atom stereocenters. The molecule has 0 N–H and O–H groups in total. The zero-order valence-electron chi connectivity index (χ0n) is 12.9. The minimum atomic E-state index is -6.06. The maximum Gasteiger partial charge on any atom is 0.106 e. The smallest absolute Gasteiger partial charge is 0.106 e. The molecule has 10 nitrogen and oxygen atoms in total. The van der Waals surface area contributed by atoms with Crippen molar-refractivity contribution in [3.8, 4) is 22.8 Å². The zero-order chi connectivity index (χ0) is 18.9. The van der Waals surface area contributed by atoms with E-state index < -0.39 is 39.4 Å². The van der Waals surface area contributed by atoms with Gasteiger partial charge in [-0.15, -0.1) is 10.2 Å². The maximum atomic E-state index is 11.9. The van der Waals surface area contributed by atoms with E-state index >= 15 is 0 Å². The molecule has 3 heterocycles. The van der Waals surface area contributed by atoms with Crippen LogP contribution in [0, 0.1) is 0 Å². The van der Waals surface area contributed by atoms with Crippen LogP contribution in [-0.4, -0.2) is 37.8 Å². The first-order valence-corrected chi connectivity index (χ1v) is 10.6. The van der Waals surface area contributed by atoms with Crippen LogP contribution in [0.1, 0.15) is 0 Å². The molecule has 0 radical (unpaired) electrons. The van der Waals surface area contributed by atoms with E-state index in [9.17, 15) is 28.8 Å². The van der Waals surface area contributed by atoms with Gasteiger partial charge in [-0.2, -0.15) is 0 Å². The molecule has 0 aliphatic rings. The predicted octanol–water partition coefficient (Wildman–Crippen LogP) is -6.95. The van der Waals surface area contributed by atoms with Gasteiger partial charge < -0.3 is 28.8 Å². The summed E-state index contributed by atoms with van der Waals surface area (Å²) >= 11 is 0. The molecule has 26 heavy (non-hydrogen) atoms. The van der Waals surface area contributed by atoms with E-state index in [0.717, 1.165) is 0 Å². The van der Waals surface area contributed by atoms with Gasteiger partial charge in [0.15, 0.2) is 0 Å². The van der Waals surface area contributed by atoms with Gasteiger partial charge in [0.1, 0.15) is 11.4 Å². The van der Waals surface area contributed by atoms with Crippen LogP contribution in [0.3, 0.4) is 0 Å². The Labute approximate surface area is 149 Å². The van der Waals surface area contributed by atoms with Gasteiger partial charge in [0.25, 0.3) is 0 Å². The van der Waals surface area contributed by atoms with Crippen LogP contribution in [0.2, 0.25) is 0 Å². The normalized spacial score (nSPS) is 12.2. The molecule has 0 aliphatic carbocycles. The van der Waals surface area contributed by atoms with E-state index in [2.05, 4.69) is 20.2 Å². The van der Waals surface area contributed by atoms with Gasteiger partial charge in [-0.1, -0.05) is 22.5 Å². The molecular formula is C14H8N4O6Si2-6. The van der Waals surface area contributed by atoms with Gasteiger partial charge in [0, 0.05) is 12.4 Å². The van der Waals surface area contributed by atoms with Crippen molar-refractivity contribution in [2.45, 2.75) is 0 Å². The summed E-state index contributed by atoms with van der Waals surface area (Å²) in [7, 11) is -12.1. The number of aromatic nitrogens is 4. The molecule has 0 spiro atoms. The molecule has 0 aromatic carbocycles. The molecule has 0 saturated carbocycles. The second-order valence-corrected chi connectivity index (χ2v) is 8.41. The summed E-state index contributed by atoms with van der Waals surface area (Å²) in [5.41, 5.74) is -1.40. The molecule has 134 valence electrons. The third kappa shape index (κ3) is 3.57. The molecule has 12 heteroatoms. The van der Waals surface area contributed by atoms with Gasteiger partial charge in [-0.25, -0.2) is 17.6 Å². The summed E-state index contributed by atoms with van der Waals surface area (Å²) in [5.74, 6) is 0. The summed E-state index contributed by atoms with van der Waals surface area (Å²) in [4.78, 5) is 78.9. The van der Waals surface area contributed by atoms with E-state index in [1.165, 1.54) is 48.8 Å². The van der Waals surface area contributed by atoms with Gasteiger partial charge in [-0.05, 0) is 24.3 Å². The minimum absolute atomic E-state index is 0.110. The van der Waals surface area contributed by atoms with Gasteiger partial charge in [0.2, 0.25) is 0 Å². The van der Waals surface area contributed by atoms with Crippen molar-refractivity contribution in [1.29, 1.82) is 0 Å². The monoisotopic (exact) mass is 384 g/mol. The second-order valence-electron chi connectivity index (χ2n) is 5.19. The van der Waals surface area contributed by atoms with E-state index in [4.69, 9.17) is 0 Å². The summed E-state index contributed by atoms with van der Waals surface area (Å²) < 4.78 is 0. The Morgan fingerprint density at radius 1 is 0.577 bits per heavy atom. The number of hydrogen-bond acceptors (Lipinski definition) is 10. The first-order chi connectivity index (χ1) is 12.2. The van der Waals surface area contributed by atoms with Crippen LogP contribution in [0.15, 0.2) is 48.8 Å². The lowest BCUT2D eigenvalue weighted by Crippen LogP contribution is -2.91. The topological polar surface area (TPSA) is 190 Å². The average molecular weight is 384 g/mol. The lowest BCUT2D eigenvalue weighted by Gasteiger charge is -2.65. The van der Waals surface area contributed by atoms with E-state index in [0.29, 0.717) is 0 Å². The van der Waals surface area contributed by atoms with Crippen LogP contribution in [0.4, 0.5) is 0 Å². The van der Waals surface area contributed by atoms with Crippen LogP contribution in [0.5, 0.6) is 0 Å². The first-order valence-electron chi connectivity index (χ1n) is 7.16. The Hall–Kier alpha value is -2.43. The molecule has 0 amide bonds. The van der Waals surface area contributed by atoms with Crippen LogP contribution in [-0.2, 0) is 0 Å². The molecule has 0 saturated heterocycles. The molecule has 3 aromatic heterocycles. The van der Waals surface area contributed by atoms with Gasteiger partial charge in [-0.3, -0.25) is 9.97 Å². The van der Waals surface area contributed by atoms with Crippen molar-refractivity contribution in [3.63, 3.8) is 0 Å². The SMILES string of the molecule is [O-][Si]([O-])([O-])c1c(-c2ccccn2)nnc(-c2ccccn2)c1[Si]([O-])([O-])[O-]. The van der Waals surface area contributed by atoms with Crippen molar-refractivity contribution < 1.29 is 28.8 Å². The van der Waals surface area contributed by atoms with Crippen molar-refractivity contribution in [1.82, 2.24) is 20.2 Å². The van der Waals surface area contributed by atoms with Crippen molar-refractivity contribution in [2.75, 3.05) is 0 Å². The molecule has 0 bridgehead atoms. The first kappa shape index (κ1) is 18.4. The quantitative estimate of drug-likeness (QED) is 0.390. The third-order valence-corrected chi connectivity index (χ3v) is 5.85. The highest BCUT2D eigenvalue weighted by atomic mass is 28.4. The number of pyridine rings is 2.